The minimum atomic E-state index is -0.186. The van der Waals surface area contributed by atoms with E-state index in [9.17, 15) is 9.59 Å². The third-order valence-electron chi connectivity index (χ3n) is 3.88. The summed E-state index contributed by atoms with van der Waals surface area (Å²) in [7, 11) is 0. The summed E-state index contributed by atoms with van der Waals surface area (Å²) in [5.74, 6) is 0.928. The molecule has 1 aliphatic rings. The molecule has 1 aliphatic heterocycles. The van der Waals surface area contributed by atoms with Crippen LogP contribution in [0, 0.1) is 0 Å². The Bertz CT molecular complexity index is 669. The van der Waals surface area contributed by atoms with Crippen LogP contribution in [0.2, 0.25) is 0 Å². The number of hydrogen-bond acceptors (Lipinski definition) is 5. The molecule has 122 valence electrons. The van der Waals surface area contributed by atoms with E-state index in [-0.39, 0.29) is 17.5 Å². The molecule has 2 aromatic heterocycles. The second-order valence-corrected chi connectivity index (χ2v) is 5.48. The Morgan fingerprint density at radius 1 is 1.17 bits per heavy atom. The predicted octanol–water partition coefficient (Wildman–Crippen LogP) is 2.02. The van der Waals surface area contributed by atoms with Crippen LogP contribution in [0.25, 0.3) is 11.5 Å². The number of nitrogens with zero attached hydrogens (tertiary/aromatic N) is 3. The van der Waals surface area contributed by atoms with Gasteiger partial charge in [0, 0.05) is 38.7 Å². The summed E-state index contributed by atoms with van der Waals surface area (Å²) in [6.45, 7) is 4.13. The van der Waals surface area contributed by atoms with Gasteiger partial charge in [0.25, 0.3) is 5.91 Å². The molecular formula is C16H19N3O4. The predicted molar refractivity (Wildman–Crippen MR) is 81.6 cm³/mol. The molecule has 0 aromatic carbocycles. The van der Waals surface area contributed by atoms with E-state index < -0.39 is 0 Å². The van der Waals surface area contributed by atoms with E-state index in [4.69, 9.17) is 8.94 Å². The third-order valence-corrected chi connectivity index (χ3v) is 3.88. The van der Waals surface area contributed by atoms with Gasteiger partial charge in [-0.15, -0.1) is 0 Å². The molecule has 2 amide bonds. The minimum Gasteiger partial charge on any atom is -0.461 e. The molecule has 7 heteroatoms. The minimum absolute atomic E-state index is 0.154. The van der Waals surface area contributed by atoms with Gasteiger partial charge in [-0.1, -0.05) is 12.1 Å². The molecule has 7 nitrogen and oxygen atoms in total. The normalized spacial score (nSPS) is 15.0. The average molecular weight is 317 g/mol. The van der Waals surface area contributed by atoms with Crippen molar-refractivity contribution >= 4 is 11.8 Å². The highest BCUT2D eigenvalue weighted by Gasteiger charge is 2.26. The van der Waals surface area contributed by atoms with Gasteiger partial charge in [0.2, 0.25) is 11.7 Å². The fourth-order valence-corrected chi connectivity index (χ4v) is 2.60. The first-order valence-corrected chi connectivity index (χ1v) is 7.76. The Labute approximate surface area is 133 Å². The first kappa shape index (κ1) is 15.3. The zero-order valence-corrected chi connectivity index (χ0v) is 13.0. The summed E-state index contributed by atoms with van der Waals surface area (Å²) < 4.78 is 10.4. The number of aromatic nitrogens is 1. The molecule has 3 rings (SSSR count). The van der Waals surface area contributed by atoms with Gasteiger partial charge in [-0.2, -0.15) is 0 Å². The van der Waals surface area contributed by atoms with Crippen LogP contribution < -0.4 is 0 Å². The highest BCUT2D eigenvalue weighted by Crippen LogP contribution is 2.21. The Hall–Kier alpha value is -2.57. The van der Waals surface area contributed by atoms with Crippen molar-refractivity contribution < 1.29 is 18.5 Å². The molecule has 1 saturated heterocycles. The molecular weight excluding hydrogens is 298 g/mol. The van der Waals surface area contributed by atoms with Gasteiger partial charge < -0.3 is 18.7 Å². The third kappa shape index (κ3) is 3.28. The fraction of sp³-hybridized carbons (Fsp3) is 0.438. The number of amides is 2. The molecule has 0 spiro atoms. The summed E-state index contributed by atoms with van der Waals surface area (Å²) in [6, 6.07) is 5.06. The molecule has 0 saturated carbocycles. The van der Waals surface area contributed by atoms with Gasteiger partial charge in [-0.25, -0.2) is 0 Å². The number of carbonyl (C=O) groups is 2. The lowest BCUT2D eigenvalue weighted by Gasteiger charge is -2.34. The van der Waals surface area contributed by atoms with E-state index in [2.05, 4.69) is 5.16 Å². The van der Waals surface area contributed by atoms with Crippen LogP contribution in [0.5, 0.6) is 0 Å². The number of carbonyl (C=O) groups excluding carboxylic acids is 2. The Morgan fingerprint density at radius 3 is 2.57 bits per heavy atom. The maximum atomic E-state index is 12.5. The maximum Gasteiger partial charge on any atom is 0.276 e. The molecule has 23 heavy (non-hydrogen) atoms. The van der Waals surface area contributed by atoms with E-state index in [0.29, 0.717) is 44.1 Å². The molecule has 0 atom stereocenters. The van der Waals surface area contributed by atoms with Crippen molar-refractivity contribution in [2.75, 3.05) is 26.2 Å². The summed E-state index contributed by atoms with van der Waals surface area (Å²) >= 11 is 0. The Morgan fingerprint density at radius 2 is 1.91 bits per heavy atom. The average Bonchev–Trinajstić information content (AvgIpc) is 3.25. The largest absolute Gasteiger partial charge is 0.461 e. The summed E-state index contributed by atoms with van der Waals surface area (Å²) in [6.07, 6.45) is 2.93. The van der Waals surface area contributed by atoms with Crippen LogP contribution in [0.3, 0.4) is 0 Å². The van der Waals surface area contributed by atoms with Gasteiger partial charge in [-0.3, -0.25) is 9.59 Å². The Balaban J connectivity index is 1.60. The quantitative estimate of drug-likeness (QED) is 0.862. The van der Waals surface area contributed by atoms with E-state index >= 15 is 0 Å². The molecule has 2 aromatic rings. The Kier molecular flexibility index (Phi) is 4.45. The zero-order valence-electron chi connectivity index (χ0n) is 13.0. The number of rotatable bonds is 4. The second kappa shape index (κ2) is 6.68. The van der Waals surface area contributed by atoms with Gasteiger partial charge >= 0.3 is 0 Å². The molecule has 0 N–H and O–H groups in total. The lowest BCUT2D eigenvalue weighted by molar-refractivity contribution is -0.132. The van der Waals surface area contributed by atoms with Gasteiger partial charge in [0.1, 0.15) is 0 Å². The standard InChI is InChI=1S/C16H19N3O4/c1-2-4-15(20)18-6-8-19(9-7-18)16(21)12-11-14(23-17-12)13-5-3-10-22-13/h3,5,10-11H,2,4,6-9H2,1H3. The van der Waals surface area contributed by atoms with Gasteiger partial charge in [0.05, 0.1) is 6.26 Å². The van der Waals surface area contributed by atoms with E-state index in [0.717, 1.165) is 6.42 Å². The van der Waals surface area contributed by atoms with Crippen LogP contribution in [0.1, 0.15) is 30.3 Å². The van der Waals surface area contributed by atoms with Crippen LogP contribution in [-0.2, 0) is 4.79 Å². The number of furan rings is 1. The van der Waals surface area contributed by atoms with Crippen molar-refractivity contribution in [3.8, 4) is 11.5 Å². The topological polar surface area (TPSA) is 79.8 Å². The molecule has 3 heterocycles. The van der Waals surface area contributed by atoms with Crippen LogP contribution in [0.15, 0.2) is 33.4 Å². The van der Waals surface area contributed by atoms with Gasteiger partial charge in [0.15, 0.2) is 11.5 Å². The molecule has 0 radical (unpaired) electrons. The monoisotopic (exact) mass is 317 g/mol. The lowest BCUT2D eigenvalue weighted by atomic mass is 10.2. The van der Waals surface area contributed by atoms with Crippen molar-refractivity contribution in [2.45, 2.75) is 19.8 Å². The van der Waals surface area contributed by atoms with E-state index in [1.165, 1.54) is 6.26 Å². The highest BCUT2D eigenvalue weighted by molar-refractivity contribution is 5.93. The molecule has 1 fully saturated rings. The first-order valence-electron chi connectivity index (χ1n) is 7.76. The summed E-state index contributed by atoms with van der Waals surface area (Å²) in [5.41, 5.74) is 0.254. The first-order chi connectivity index (χ1) is 11.2. The molecule has 0 aliphatic carbocycles. The van der Waals surface area contributed by atoms with Crippen LogP contribution in [0.4, 0.5) is 0 Å². The molecule has 0 bridgehead atoms. The molecule has 0 unspecified atom stereocenters. The summed E-state index contributed by atoms with van der Waals surface area (Å²) in [5, 5.41) is 3.82. The lowest BCUT2D eigenvalue weighted by Crippen LogP contribution is -2.50. The van der Waals surface area contributed by atoms with Crippen molar-refractivity contribution in [1.82, 2.24) is 15.0 Å². The zero-order chi connectivity index (χ0) is 16.2. The van der Waals surface area contributed by atoms with Crippen molar-refractivity contribution in [2.24, 2.45) is 0 Å². The fourth-order valence-electron chi connectivity index (χ4n) is 2.60. The van der Waals surface area contributed by atoms with E-state index in [1.807, 2.05) is 11.8 Å². The van der Waals surface area contributed by atoms with Crippen LogP contribution in [-0.4, -0.2) is 52.9 Å². The van der Waals surface area contributed by atoms with Crippen molar-refractivity contribution in [3.63, 3.8) is 0 Å². The van der Waals surface area contributed by atoms with Gasteiger partial charge in [-0.05, 0) is 18.6 Å². The SMILES string of the molecule is CCCC(=O)N1CCN(C(=O)c2cc(-c3ccco3)on2)CC1. The van der Waals surface area contributed by atoms with E-state index in [1.54, 1.807) is 23.1 Å². The van der Waals surface area contributed by atoms with Crippen LogP contribution >= 0.6 is 0 Å². The summed E-state index contributed by atoms with van der Waals surface area (Å²) in [4.78, 5) is 27.8. The number of piperazine rings is 1. The van der Waals surface area contributed by atoms with Crippen molar-refractivity contribution in [1.29, 1.82) is 0 Å². The number of hydrogen-bond donors (Lipinski definition) is 0. The maximum absolute atomic E-state index is 12.5. The highest BCUT2D eigenvalue weighted by atomic mass is 16.5. The van der Waals surface area contributed by atoms with Crippen molar-refractivity contribution in [3.05, 3.63) is 30.2 Å². The smallest absolute Gasteiger partial charge is 0.276 e. The second-order valence-electron chi connectivity index (χ2n) is 5.48.